The molecule has 4 heteroatoms. The number of hydrogen-bond donors (Lipinski definition) is 0. The zero-order chi connectivity index (χ0) is 8.65. The molecule has 0 radical (unpaired) electrons. The van der Waals surface area contributed by atoms with E-state index in [0.29, 0.717) is 0 Å². The van der Waals surface area contributed by atoms with Gasteiger partial charge in [-0.25, -0.2) is 0 Å². The monoisotopic (exact) mass is 188 g/mol. The summed E-state index contributed by atoms with van der Waals surface area (Å²) in [6.45, 7) is 3.88. The molecule has 0 spiro atoms. The number of thioether (sulfide) groups is 1. The molecular weight excluding hydrogens is 171 g/mol. The van der Waals surface area contributed by atoms with E-state index < -0.39 is 0 Å². The smallest absolute Gasteiger partial charge is 0.411 e. The second-order valence-electron chi connectivity index (χ2n) is 2.93. The average Bonchev–Trinajstić information content (AvgIpc) is 2.33. The van der Waals surface area contributed by atoms with Crippen molar-refractivity contribution < 1.29 is 9.31 Å². The molecule has 0 amide bonds. The largest absolute Gasteiger partial charge is 0.457 e. The van der Waals surface area contributed by atoms with Crippen LogP contribution in [0.15, 0.2) is 0 Å². The fourth-order valence-electron chi connectivity index (χ4n) is 1.09. The fourth-order valence-corrected chi connectivity index (χ4v) is 1.87. The molecule has 70 valence electrons. The van der Waals surface area contributed by atoms with E-state index in [2.05, 4.69) is 6.92 Å². The van der Waals surface area contributed by atoms with E-state index >= 15 is 0 Å². The summed E-state index contributed by atoms with van der Waals surface area (Å²) in [6, 6.07) is 0. The van der Waals surface area contributed by atoms with Crippen molar-refractivity contribution in [3.8, 4) is 0 Å². The van der Waals surface area contributed by atoms with Gasteiger partial charge in [-0.3, -0.25) is 0 Å². The molecule has 1 aliphatic heterocycles. The van der Waals surface area contributed by atoms with Crippen molar-refractivity contribution in [2.75, 3.05) is 24.7 Å². The summed E-state index contributed by atoms with van der Waals surface area (Å²) in [6.07, 6.45) is 3.39. The molecule has 1 heterocycles. The van der Waals surface area contributed by atoms with E-state index in [1.807, 2.05) is 11.8 Å². The maximum Gasteiger partial charge on any atom is 0.457 e. The Bertz CT molecular complexity index is 105. The van der Waals surface area contributed by atoms with Gasteiger partial charge in [0.25, 0.3) is 0 Å². The van der Waals surface area contributed by atoms with Gasteiger partial charge in [-0.2, -0.15) is 11.8 Å². The van der Waals surface area contributed by atoms with E-state index in [1.165, 1.54) is 12.2 Å². The maximum absolute atomic E-state index is 5.57. The quantitative estimate of drug-likeness (QED) is 0.497. The number of unbranched alkanes of at least 4 members (excludes halogenated alkanes) is 1. The van der Waals surface area contributed by atoms with Crippen molar-refractivity contribution in [2.45, 2.75) is 26.1 Å². The van der Waals surface area contributed by atoms with Crippen LogP contribution in [-0.4, -0.2) is 31.8 Å². The summed E-state index contributed by atoms with van der Waals surface area (Å²) in [5, 5.41) is 0. The molecule has 1 fully saturated rings. The zero-order valence-corrected chi connectivity index (χ0v) is 8.57. The Morgan fingerprint density at radius 3 is 3.25 bits per heavy atom. The van der Waals surface area contributed by atoms with Crippen LogP contribution in [0.25, 0.3) is 0 Å². The third kappa shape index (κ3) is 4.38. The lowest BCUT2D eigenvalue weighted by atomic mass is 9.86. The van der Waals surface area contributed by atoms with Crippen LogP contribution in [0.4, 0.5) is 0 Å². The Balaban J connectivity index is 2.04. The van der Waals surface area contributed by atoms with Crippen LogP contribution in [0.2, 0.25) is 6.32 Å². The van der Waals surface area contributed by atoms with Crippen LogP contribution < -0.4 is 0 Å². The molecule has 1 rings (SSSR count). The first-order valence-electron chi connectivity index (χ1n) is 4.74. The Morgan fingerprint density at radius 1 is 1.50 bits per heavy atom. The minimum Gasteiger partial charge on any atom is -0.411 e. The topological polar surface area (TPSA) is 18.5 Å². The van der Waals surface area contributed by atoms with Crippen molar-refractivity contribution in [1.82, 2.24) is 0 Å². The van der Waals surface area contributed by atoms with E-state index in [4.69, 9.17) is 9.31 Å². The molecule has 12 heavy (non-hydrogen) atoms. The Labute approximate surface area is 79.5 Å². The van der Waals surface area contributed by atoms with Gasteiger partial charge in [0, 0.05) is 19.0 Å². The van der Waals surface area contributed by atoms with E-state index in [-0.39, 0.29) is 7.12 Å². The van der Waals surface area contributed by atoms with Crippen molar-refractivity contribution in [3.05, 3.63) is 0 Å². The standard InChI is InChI=1S/C8H17BO2S/c1-2-3-5-10-9-4-7-12-8-6-11-9/h2-8H2,1H3. The van der Waals surface area contributed by atoms with Gasteiger partial charge < -0.3 is 9.31 Å². The first kappa shape index (κ1) is 10.4. The summed E-state index contributed by atoms with van der Waals surface area (Å²) in [5.74, 6) is 2.30. The van der Waals surface area contributed by atoms with Gasteiger partial charge in [0.15, 0.2) is 0 Å². The van der Waals surface area contributed by atoms with Gasteiger partial charge in [-0.05, 0) is 18.5 Å². The molecule has 0 aromatic rings. The minimum atomic E-state index is 0.0755. The summed E-state index contributed by atoms with van der Waals surface area (Å²) >= 11 is 1.95. The molecule has 0 bridgehead atoms. The third-order valence-corrected chi connectivity index (χ3v) is 2.81. The Kier molecular flexibility index (Phi) is 5.91. The van der Waals surface area contributed by atoms with Gasteiger partial charge in [-0.1, -0.05) is 13.3 Å². The molecule has 0 atom stereocenters. The number of rotatable bonds is 4. The summed E-state index contributed by atoms with van der Waals surface area (Å²) in [7, 11) is 0.0755. The first-order chi connectivity index (χ1) is 5.93. The second-order valence-corrected chi connectivity index (χ2v) is 4.15. The zero-order valence-electron chi connectivity index (χ0n) is 7.75. The molecule has 2 nitrogen and oxygen atoms in total. The number of hydrogen-bond acceptors (Lipinski definition) is 3. The predicted octanol–water partition coefficient (Wildman–Crippen LogP) is 2.05. The highest BCUT2D eigenvalue weighted by Gasteiger charge is 2.19. The minimum absolute atomic E-state index is 0.0755. The Morgan fingerprint density at radius 2 is 2.42 bits per heavy atom. The molecule has 1 saturated heterocycles. The molecule has 0 saturated carbocycles. The van der Waals surface area contributed by atoms with Crippen LogP contribution in [-0.2, 0) is 9.31 Å². The molecule has 0 unspecified atom stereocenters. The Hall–Kier alpha value is 0.335. The van der Waals surface area contributed by atoms with Crippen molar-refractivity contribution in [2.24, 2.45) is 0 Å². The average molecular weight is 188 g/mol. The summed E-state index contributed by atoms with van der Waals surface area (Å²) in [4.78, 5) is 0. The van der Waals surface area contributed by atoms with Crippen LogP contribution in [0.1, 0.15) is 19.8 Å². The highest BCUT2D eigenvalue weighted by molar-refractivity contribution is 7.99. The van der Waals surface area contributed by atoms with Gasteiger partial charge in [-0.15, -0.1) is 0 Å². The molecule has 1 aliphatic rings. The predicted molar refractivity (Wildman–Crippen MR) is 54.7 cm³/mol. The van der Waals surface area contributed by atoms with Gasteiger partial charge in [0.2, 0.25) is 0 Å². The SMILES string of the molecule is CCCCOB1CCSCCO1. The van der Waals surface area contributed by atoms with E-state index in [9.17, 15) is 0 Å². The van der Waals surface area contributed by atoms with Crippen LogP contribution in [0.3, 0.4) is 0 Å². The normalized spacial score (nSPS) is 19.2. The lowest BCUT2D eigenvalue weighted by Gasteiger charge is -2.10. The summed E-state index contributed by atoms with van der Waals surface area (Å²) in [5.41, 5.74) is 0. The van der Waals surface area contributed by atoms with Crippen molar-refractivity contribution in [1.29, 1.82) is 0 Å². The van der Waals surface area contributed by atoms with E-state index in [0.717, 1.165) is 31.7 Å². The van der Waals surface area contributed by atoms with Crippen LogP contribution in [0, 0.1) is 0 Å². The molecule has 0 N–H and O–H groups in total. The van der Waals surface area contributed by atoms with Crippen molar-refractivity contribution >= 4 is 18.9 Å². The lowest BCUT2D eigenvalue weighted by Crippen LogP contribution is -2.23. The van der Waals surface area contributed by atoms with Crippen LogP contribution in [0.5, 0.6) is 0 Å². The molecule has 0 aliphatic carbocycles. The summed E-state index contributed by atoms with van der Waals surface area (Å²) < 4.78 is 11.1. The highest BCUT2D eigenvalue weighted by Crippen LogP contribution is 2.12. The van der Waals surface area contributed by atoms with Gasteiger partial charge in [0.1, 0.15) is 0 Å². The molecule has 0 aromatic carbocycles. The van der Waals surface area contributed by atoms with Crippen molar-refractivity contribution in [3.63, 3.8) is 0 Å². The molecular formula is C8H17BO2S. The second kappa shape index (κ2) is 6.81. The van der Waals surface area contributed by atoms with Gasteiger partial charge in [0.05, 0.1) is 0 Å². The fraction of sp³-hybridized carbons (Fsp3) is 1.00. The first-order valence-corrected chi connectivity index (χ1v) is 5.90. The van der Waals surface area contributed by atoms with E-state index in [1.54, 1.807) is 0 Å². The third-order valence-electron chi connectivity index (χ3n) is 1.83. The van der Waals surface area contributed by atoms with Crippen LogP contribution >= 0.6 is 11.8 Å². The maximum atomic E-state index is 5.57. The highest BCUT2D eigenvalue weighted by atomic mass is 32.2. The lowest BCUT2D eigenvalue weighted by molar-refractivity contribution is 0.206. The molecule has 0 aromatic heterocycles. The van der Waals surface area contributed by atoms with Gasteiger partial charge >= 0.3 is 7.12 Å².